The first kappa shape index (κ1) is 10.1. The Hall–Kier alpha value is -1.39. The standard InChI is InChI=1S/C10H16N4O/c1-7(10-11-6-12-14-10)13-9(15)5-8-3-2-4-8/h6-8H,2-5H2,1H3,(H,13,15)(H,11,12,14). The van der Waals surface area contributed by atoms with Gasteiger partial charge in [0, 0.05) is 6.42 Å². The Kier molecular flexibility index (Phi) is 2.99. The summed E-state index contributed by atoms with van der Waals surface area (Å²) >= 11 is 0. The van der Waals surface area contributed by atoms with Gasteiger partial charge in [-0.15, -0.1) is 0 Å². The molecule has 2 N–H and O–H groups in total. The molecule has 1 heterocycles. The molecule has 1 amide bonds. The minimum absolute atomic E-state index is 0.0833. The number of aromatic nitrogens is 3. The third-order valence-electron chi connectivity index (χ3n) is 2.92. The summed E-state index contributed by atoms with van der Waals surface area (Å²) in [6, 6.07) is -0.0833. The van der Waals surface area contributed by atoms with Gasteiger partial charge in [-0.2, -0.15) is 5.10 Å². The van der Waals surface area contributed by atoms with Crippen molar-refractivity contribution in [1.82, 2.24) is 20.5 Å². The molecule has 0 spiro atoms. The van der Waals surface area contributed by atoms with Gasteiger partial charge in [0.2, 0.25) is 5.91 Å². The van der Waals surface area contributed by atoms with Crippen molar-refractivity contribution in [3.8, 4) is 0 Å². The summed E-state index contributed by atoms with van der Waals surface area (Å²) in [7, 11) is 0. The van der Waals surface area contributed by atoms with Gasteiger partial charge < -0.3 is 5.32 Å². The second kappa shape index (κ2) is 4.42. The molecule has 0 radical (unpaired) electrons. The lowest BCUT2D eigenvalue weighted by Gasteiger charge is -2.25. The molecule has 5 nitrogen and oxygen atoms in total. The smallest absolute Gasteiger partial charge is 0.220 e. The zero-order valence-electron chi connectivity index (χ0n) is 8.86. The number of carbonyl (C=O) groups is 1. The molecule has 0 aromatic carbocycles. The Morgan fingerprint density at radius 3 is 3.07 bits per heavy atom. The SMILES string of the molecule is CC(NC(=O)CC1CCC1)c1ncn[nH]1. The first-order valence-electron chi connectivity index (χ1n) is 5.40. The molecule has 0 bridgehead atoms. The van der Waals surface area contributed by atoms with Crippen molar-refractivity contribution in [2.24, 2.45) is 5.92 Å². The fourth-order valence-electron chi connectivity index (χ4n) is 1.75. The van der Waals surface area contributed by atoms with Crippen LogP contribution in [0, 0.1) is 5.92 Å². The van der Waals surface area contributed by atoms with Crippen LogP contribution in [0.2, 0.25) is 0 Å². The van der Waals surface area contributed by atoms with Gasteiger partial charge in [-0.3, -0.25) is 9.89 Å². The van der Waals surface area contributed by atoms with E-state index in [0.29, 0.717) is 18.2 Å². The Morgan fingerprint density at radius 2 is 2.53 bits per heavy atom. The lowest BCUT2D eigenvalue weighted by molar-refractivity contribution is -0.123. The van der Waals surface area contributed by atoms with Crippen LogP contribution in [0.5, 0.6) is 0 Å². The number of carbonyl (C=O) groups excluding carboxylic acids is 1. The number of nitrogens with one attached hydrogen (secondary N) is 2. The van der Waals surface area contributed by atoms with E-state index in [1.54, 1.807) is 0 Å². The van der Waals surface area contributed by atoms with Gasteiger partial charge in [-0.1, -0.05) is 6.42 Å². The van der Waals surface area contributed by atoms with Crippen LogP contribution < -0.4 is 5.32 Å². The molecular formula is C10H16N4O. The molecule has 1 atom stereocenters. The summed E-state index contributed by atoms with van der Waals surface area (Å²) in [4.78, 5) is 15.6. The van der Waals surface area contributed by atoms with Gasteiger partial charge in [-0.25, -0.2) is 4.98 Å². The first-order valence-corrected chi connectivity index (χ1v) is 5.40. The van der Waals surface area contributed by atoms with Gasteiger partial charge in [0.15, 0.2) is 0 Å². The molecule has 5 heteroatoms. The molecule has 1 aromatic heterocycles. The molecule has 1 aromatic rings. The van der Waals surface area contributed by atoms with E-state index in [2.05, 4.69) is 20.5 Å². The topological polar surface area (TPSA) is 70.7 Å². The fraction of sp³-hybridized carbons (Fsp3) is 0.700. The summed E-state index contributed by atoms with van der Waals surface area (Å²) in [6.07, 6.45) is 5.77. The Balaban J connectivity index is 1.78. The van der Waals surface area contributed by atoms with E-state index in [4.69, 9.17) is 0 Å². The molecule has 1 unspecified atom stereocenters. The maximum absolute atomic E-state index is 11.6. The van der Waals surface area contributed by atoms with Gasteiger partial charge in [-0.05, 0) is 25.7 Å². The van der Waals surface area contributed by atoms with Crippen LogP contribution in [0.4, 0.5) is 0 Å². The quantitative estimate of drug-likeness (QED) is 0.780. The van der Waals surface area contributed by atoms with Gasteiger partial charge >= 0.3 is 0 Å². The van der Waals surface area contributed by atoms with Gasteiger partial charge in [0.25, 0.3) is 0 Å². The van der Waals surface area contributed by atoms with E-state index < -0.39 is 0 Å². The number of aromatic amines is 1. The molecule has 0 aliphatic heterocycles. The highest BCUT2D eigenvalue weighted by Crippen LogP contribution is 2.29. The van der Waals surface area contributed by atoms with Gasteiger partial charge in [0.1, 0.15) is 12.2 Å². The summed E-state index contributed by atoms with van der Waals surface area (Å²) < 4.78 is 0. The van der Waals surface area contributed by atoms with Crippen LogP contribution in [-0.4, -0.2) is 21.1 Å². The fourth-order valence-corrected chi connectivity index (χ4v) is 1.75. The number of rotatable bonds is 4. The number of nitrogens with zero attached hydrogens (tertiary/aromatic N) is 2. The van der Waals surface area contributed by atoms with Crippen LogP contribution >= 0.6 is 0 Å². The molecular weight excluding hydrogens is 192 g/mol. The van der Waals surface area contributed by atoms with Crippen LogP contribution in [-0.2, 0) is 4.79 Å². The van der Waals surface area contributed by atoms with E-state index in [1.807, 2.05) is 6.92 Å². The van der Waals surface area contributed by atoms with Crippen LogP contribution in [0.3, 0.4) is 0 Å². The van der Waals surface area contributed by atoms with Crippen LogP contribution in [0.15, 0.2) is 6.33 Å². The maximum atomic E-state index is 11.6. The van der Waals surface area contributed by atoms with Crippen molar-refractivity contribution in [3.63, 3.8) is 0 Å². The predicted octanol–water partition coefficient (Wildman–Crippen LogP) is 1.17. The molecule has 1 saturated carbocycles. The average molecular weight is 208 g/mol. The van der Waals surface area contributed by atoms with Gasteiger partial charge in [0.05, 0.1) is 6.04 Å². The van der Waals surface area contributed by atoms with Crippen molar-refractivity contribution in [2.45, 2.75) is 38.6 Å². The molecule has 0 saturated heterocycles. The highest BCUT2D eigenvalue weighted by Gasteiger charge is 2.21. The van der Waals surface area contributed by atoms with E-state index in [-0.39, 0.29) is 11.9 Å². The van der Waals surface area contributed by atoms with E-state index in [9.17, 15) is 4.79 Å². The zero-order chi connectivity index (χ0) is 10.7. The Bertz CT molecular complexity index is 318. The highest BCUT2D eigenvalue weighted by molar-refractivity contribution is 5.76. The normalized spacial score (nSPS) is 18.2. The van der Waals surface area contributed by atoms with Crippen molar-refractivity contribution >= 4 is 5.91 Å². The van der Waals surface area contributed by atoms with Crippen molar-refractivity contribution in [2.75, 3.05) is 0 Å². The van der Waals surface area contributed by atoms with Crippen LogP contribution in [0.1, 0.15) is 44.5 Å². The monoisotopic (exact) mass is 208 g/mol. The second-order valence-corrected chi connectivity index (χ2v) is 4.16. The largest absolute Gasteiger partial charge is 0.346 e. The third-order valence-corrected chi connectivity index (χ3v) is 2.92. The second-order valence-electron chi connectivity index (χ2n) is 4.16. The number of hydrogen-bond donors (Lipinski definition) is 2. The minimum Gasteiger partial charge on any atom is -0.346 e. The van der Waals surface area contributed by atoms with E-state index >= 15 is 0 Å². The third kappa shape index (κ3) is 2.55. The Morgan fingerprint density at radius 1 is 1.73 bits per heavy atom. The molecule has 1 fully saturated rings. The number of H-pyrrole nitrogens is 1. The summed E-state index contributed by atoms with van der Waals surface area (Å²) in [6.45, 7) is 1.90. The Labute approximate surface area is 88.7 Å². The molecule has 15 heavy (non-hydrogen) atoms. The van der Waals surface area contributed by atoms with Crippen molar-refractivity contribution < 1.29 is 4.79 Å². The first-order chi connectivity index (χ1) is 7.25. The lowest BCUT2D eigenvalue weighted by Crippen LogP contribution is -2.30. The van der Waals surface area contributed by atoms with E-state index in [1.165, 1.54) is 25.6 Å². The van der Waals surface area contributed by atoms with E-state index in [0.717, 1.165) is 0 Å². The maximum Gasteiger partial charge on any atom is 0.220 e. The zero-order valence-corrected chi connectivity index (χ0v) is 8.86. The lowest BCUT2D eigenvalue weighted by atomic mass is 9.83. The minimum atomic E-state index is -0.0833. The average Bonchev–Trinajstić information content (AvgIpc) is 2.64. The molecule has 82 valence electrons. The van der Waals surface area contributed by atoms with Crippen molar-refractivity contribution in [1.29, 1.82) is 0 Å². The molecule has 1 aliphatic carbocycles. The number of amides is 1. The van der Waals surface area contributed by atoms with Crippen molar-refractivity contribution in [3.05, 3.63) is 12.2 Å². The molecule has 2 rings (SSSR count). The molecule has 1 aliphatic rings. The highest BCUT2D eigenvalue weighted by atomic mass is 16.1. The summed E-state index contributed by atoms with van der Waals surface area (Å²) in [5.74, 6) is 1.42. The number of hydrogen-bond acceptors (Lipinski definition) is 3. The summed E-state index contributed by atoms with van der Waals surface area (Å²) in [5.41, 5.74) is 0. The summed E-state index contributed by atoms with van der Waals surface area (Å²) in [5, 5.41) is 9.41. The predicted molar refractivity (Wildman–Crippen MR) is 54.9 cm³/mol. The van der Waals surface area contributed by atoms with Crippen LogP contribution in [0.25, 0.3) is 0 Å².